The first-order valence-corrected chi connectivity index (χ1v) is 11.7. The average molecular weight is 421 g/mol. The molecule has 5 rings (SSSR count). The molecule has 1 amide bonds. The predicted octanol–water partition coefficient (Wildman–Crippen LogP) is 3.22. The smallest absolute Gasteiger partial charge is 0.238 e. The number of fused-ring (bicyclic) bond motifs is 2. The summed E-state index contributed by atoms with van der Waals surface area (Å²) in [5, 5.41) is 3.32. The van der Waals surface area contributed by atoms with E-state index in [0.717, 1.165) is 75.4 Å². The van der Waals surface area contributed by atoms with Gasteiger partial charge in [0.1, 0.15) is 5.75 Å². The summed E-state index contributed by atoms with van der Waals surface area (Å²) in [5.41, 5.74) is 7.30. The van der Waals surface area contributed by atoms with Crippen LogP contribution in [0.15, 0.2) is 24.3 Å². The largest absolute Gasteiger partial charge is 0.495 e. The van der Waals surface area contributed by atoms with E-state index in [9.17, 15) is 4.79 Å². The molecule has 0 saturated carbocycles. The van der Waals surface area contributed by atoms with Crippen LogP contribution in [0.3, 0.4) is 0 Å². The fraction of sp³-hybridized carbons (Fsp3) is 0.520. The number of hydrogen-bond donors (Lipinski definition) is 1. The minimum atomic E-state index is 0.110. The van der Waals surface area contributed by atoms with Crippen molar-refractivity contribution < 1.29 is 9.53 Å². The van der Waals surface area contributed by atoms with Gasteiger partial charge in [-0.1, -0.05) is 12.1 Å². The van der Waals surface area contributed by atoms with E-state index in [2.05, 4.69) is 21.2 Å². The summed E-state index contributed by atoms with van der Waals surface area (Å²) in [4.78, 5) is 22.6. The van der Waals surface area contributed by atoms with E-state index in [1.54, 1.807) is 7.11 Å². The van der Waals surface area contributed by atoms with Gasteiger partial charge in [0.25, 0.3) is 0 Å². The third-order valence-corrected chi connectivity index (χ3v) is 6.93. The lowest BCUT2D eigenvalue weighted by molar-refractivity contribution is -0.117. The molecule has 1 aliphatic heterocycles. The van der Waals surface area contributed by atoms with Gasteiger partial charge in [0, 0.05) is 37.6 Å². The fourth-order valence-electron chi connectivity index (χ4n) is 5.32. The Morgan fingerprint density at radius 2 is 1.65 bits per heavy atom. The number of para-hydroxylation sites is 2. The van der Waals surface area contributed by atoms with E-state index >= 15 is 0 Å². The van der Waals surface area contributed by atoms with Gasteiger partial charge in [0.15, 0.2) is 0 Å². The van der Waals surface area contributed by atoms with Crippen molar-refractivity contribution in [1.29, 1.82) is 0 Å². The highest BCUT2D eigenvalue weighted by atomic mass is 16.5. The van der Waals surface area contributed by atoms with E-state index in [0.29, 0.717) is 6.54 Å². The van der Waals surface area contributed by atoms with Crippen molar-refractivity contribution in [3.05, 3.63) is 46.8 Å². The summed E-state index contributed by atoms with van der Waals surface area (Å²) in [7, 11) is 1.72. The Labute approximate surface area is 184 Å². The number of carbonyl (C=O) groups is 1. The van der Waals surface area contributed by atoms with Gasteiger partial charge in [-0.25, -0.2) is 0 Å². The SMILES string of the molecule is COc1ccccc1N1CCN(CC(=O)Nc2c3c(nc4c2CCC4)CCCC3)CC1. The first-order chi connectivity index (χ1) is 15.2. The molecule has 0 bridgehead atoms. The fourth-order valence-corrected chi connectivity index (χ4v) is 5.32. The van der Waals surface area contributed by atoms with Crippen molar-refractivity contribution >= 4 is 17.3 Å². The number of hydrogen-bond acceptors (Lipinski definition) is 5. The zero-order valence-corrected chi connectivity index (χ0v) is 18.5. The number of rotatable bonds is 5. The number of piperazine rings is 1. The van der Waals surface area contributed by atoms with Crippen molar-refractivity contribution in [2.45, 2.75) is 44.9 Å². The summed E-state index contributed by atoms with van der Waals surface area (Å²) in [6.07, 6.45) is 7.75. The van der Waals surface area contributed by atoms with Crippen LogP contribution in [0.25, 0.3) is 0 Å². The van der Waals surface area contributed by atoms with Crippen LogP contribution >= 0.6 is 0 Å². The van der Waals surface area contributed by atoms with E-state index in [4.69, 9.17) is 9.72 Å². The standard InChI is InChI=1S/C25H32N4O2/c1-31-23-12-5-4-11-22(23)29-15-13-28(14-16-29)17-24(30)27-25-18-7-2-3-9-20(18)26-21-10-6-8-19(21)25/h4-5,11-12H,2-3,6-10,13-17H2,1H3,(H,26,27,30). The molecule has 2 aliphatic carbocycles. The Hall–Kier alpha value is -2.60. The molecule has 1 saturated heterocycles. The summed E-state index contributed by atoms with van der Waals surface area (Å²) < 4.78 is 5.51. The summed E-state index contributed by atoms with van der Waals surface area (Å²) in [6.45, 7) is 3.99. The van der Waals surface area contributed by atoms with Crippen LogP contribution in [0.4, 0.5) is 11.4 Å². The number of anilines is 2. The minimum Gasteiger partial charge on any atom is -0.495 e. The molecule has 6 nitrogen and oxygen atoms in total. The van der Waals surface area contributed by atoms with Crippen LogP contribution < -0.4 is 15.0 Å². The number of amides is 1. The van der Waals surface area contributed by atoms with E-state index in [-0.39, 0.29) is 5.91 Å². The molecule has 1 aromatic carbocycles. The van der Waals surface area contributed by atoms with Gasteiger partial charge in [-0.05, 0) is 68.2 Å². The molecular formula is C25H32N4O2. The number of pyridine rings is 1. The highest BCUT2D eigenvalue weighted by Gasteiger charge is 2.26. The second-order valence-electron chi connectivity index (χ2n) is 8.88. The van der Waals surface area contributed by atoms with Gasteiger partial charge in [0.05, 0.1) is 25.0 Å². The molecule has 2 aromatic rings. The first-order valence-electron chi connectivity index (χ1n) is 11.7. The highest BCUT2D eigenvalue weighted by molar-refractivity contribution is 5.94. The monoisotopic (exact) mass is 420 g/mol. The Bertz CT molecular complexity index is 966. The topological polar surface area (TPSA) is 57.7 Å². The molecule has 0 spiro atoms. The van der Waals surface area contributed by atoms with Gasteiger partial charge in [-0.15, -0.1) is 0 Å². The van der Waals surface area contributed by atoms with Crippen LogP contribution in [-0.4, -0.2) is 55.6 Å². The number of aryl methyl sites for hydroxylation is 2. The number of nitrogens with one attached hydrogen (secondary N) is 1. The normalized spacial score (nSPS) is 18.4. The second kappa shape index (κ2) is 8.87. The van der Waals surface area contributed by atoms with Crippen LogP contribution in [0, 0.1) is 0 Å². The summed E-state index contributed by atoms with van der Waals surface area (Å²) >= 11 is 0. The lowest BCUT2D eigenvalue weighted by atomic mass is 9.92. The van der Waals surface area contributed by atoms with Crippen molar-refractivity contribution in [2.75, 3.05) is 50.1 Å². The van der Waals surface area contributed by atoms with Crippen LogP contribution in [0.1, 0.15) is 41.8 Å². The molecule has 2 heterocycles. The van der Waals surface area contributed by atoms with Crippen molar-refractivity contribution in [3.63, 3.8) is 0 Å². The number of aromatic nitrogens is 1. The van der Waals surface area contributed by atoms with Crippen LogP contribution in [-0.2, 0) is 30.5 Å². The number of carbonyl (C=O) groups excluding carboxylic acids is 1. The van der Waals surface area contributed by atoms with E-state index in [1.807, 2.05) is 18.2 Å². The predicted molar refractivity (Wildman–Crippen MR) is 123 cm³/mol. The maximum Gasteiger partial charge on any atom is 0.238 e. The second-order valence-corrected chi connectivity index (χ2v) is 8.88. The Kier molecular flexibility index (Phi) is 5.81. The maximum atomic E-state index is 13.0. The van der Waals surface area contributed by atoms with Gasteiger partial charge in [-0.2, -0.15) is 0 Å². The van der Waals surface area contributed by atoms with Crippen molar-refractivity contribution in [2.24, 2.45) is 0 Å². The molecule has 6 heteroatoms. The van der Waals surface area contributed by atoms with Gasteiger partial charge in [-0.3, -0.25) is 14.7 Å². The number of methoxy groups -OCH3 is 1. The number of ether oxygens (including phenoxy) is 1. The molecule has 164 valence electrons. The Balaban J connectivity index is 1.23. The molecule has 1 N–H and O–H groups in total. The molecule has 31 heavy (non-hydrogen) atoms. The van der Waals surface area contributed by atoms with E-state index < -0.39 is 0 Å². The Morgan fingerprint density at radius 1 is 0.968 bits per heavy atom. The van der Waals surface area contributed by atoms with E-state index in [1.165, 1.54) is 35.4 Å². The zero-order valence-electron chi connectivity index (χ0n) is 18.5. The summed E-state index contributed by atoms with van der Waals surface area (Å²) in [5.74, 6) is 1.02. The molecule has 0 radical (unpaired) electrons. The molecule has 0 atom stereocenters. The lowest BCUT2D eigenvalue weighted by Crippen LogP contribution is -2.48. The third kappa shape index (κ3) is 4.13. The lowest BCUT2D eigenvalue weighted by Gasteiger charge is -2.36. The van der Waals surface area contributed by atoms with Gasteiger partial charge in [0.2, 0.25) is 5.91 Å². The van der Waals surface area contributed by atoms with Gasteiger partial charge >= 0.3 is 0 Å². The van der Waals surface area contributed by atoms with Crippen LogP contribution in [0.2, 0.25) is 0 Å². The first kappa shape index (κ1) is 20.3. The Morgan fingerprint density at radius 3 is 2.42 bits per heavy atom. The molecule has 0 unspecified atom stereocenters. The molecular weight excluding hydrogens is 388 g/mol. The van der Waals surface area contributed by atoms with Crippen molar-refractivity contribution in [3.8, 4) is 5.75 Å². The van der Waals surface area contributed by atoms with Gasteiger partial charge < -0.3 is 15.0 Å². The number of nitrogens with zero attached hydrogens (tertiary/aromatic N) is 3. The molecule has 3 aliphatic rings. The quantitative estimate of drug-likeness (QED) is 0.805. The zero-order chi connectivity index (χ0) is 21.2. The number of benzene rings is 1. The summed E-state index contributed by atoms with van der Waals surface area (Å²) in [6, 6.07) is 8.15. The molecule has 1 fully saturated rings. The highest BCUT2D eigenvalue weighted by Crippen LogP contribution is 2.36. The third-order valence-electron chi connectivity index (χ3n) is 6.93. The minimum absolute atomic E-state index is 0.110. The maximum absolute atomic E-state index is 13.0. The molecule has 1 aromatic heterocycles. The van der Waals surface area contributed by atoms with Crippen molar-refractivity contribution in [1.82, 2.24) is 9.88 Å². The average Bonchev–Trinajstić information content (AvgIpc) is 3.28. The van der Waals surface area contributed by atoms with Crippen LogP contribution in [0.5, 0.6) is 5.75 Å².